The van der Waals surface area contributed by atoms with Crippen LogP contribution in [0.3, 0.4) is 0 Å². The first kappa shape index (κ1) is 25.4. The van der Waals surface area contributed by atoms with Gasteiger partial charge in [-0.05, 0) is 80.5 Å². The van der Waals surface area contributed by atoms with Crippen LogP contribution in [-0.4, -0.2) is 40.8 Å². The third kappa shape index (κ3) is 5.25. The highest BCUT2D eigenvalue weighted by atomic mass is 16.2. The van der Waals surface area contributed by atoms with Crippen molar-refractivity contribution in [2.75, 3.05) is 4.90 Å². The molecule has 2 bridgehead atoms. The van der Waals surface area contributed by atoms with Gasteiger partial charge in [0.1, 0.15) is 5.82 Å². The third-order valence-electron chi connectivity index (χ3n) is 7.68. The van der Waals surface area contributed by atoms with E-state index in [-0.39, 0.29) is 29.9 Å². The van der Waals surface area contributed by atoms with Crippen LogP contribution in [0.25, 0.3) is 0 Å². The Morgan fingerprint density at radius 3 is 2.16 bits per heavy atom. The van der Waals surface area contributed by atoms with Crippen molar-refractivity contribution in [3.8, 4) is 0 Å². The molecule has 2 fully saturated rings. The second-order valence-corrected chi connectivity index (χ2v) is 10.4. The van der Waals surface area contributed by atoms with E-state index in [0.717, 1.165) is 48.2 Å². The first-order valence-electron chi connectivity index (χ1n) is 13.1. The fourth-order valence-corrected chi connectivity index (χ4v) is 5.94. The molecule has 0 spiro atoms. The number of aryl methyl sites for hydroxylation is 2. The standard InChI is InChI=1S/C30H33N5O3/c1-18-12-22(28(31)36)13-19(2)27(18)30(38)34-23-14-24-9-10-25(15-23)35(24)26-11-8-21(17-32-26)29(37)33-16-20-6-4-3-5-7-20/h3-8,11-13,17,23-25H,9-10,14-16H2,1-2H3,(H2,31,36)(H,33,37)(H,34,38). The predicted molar refractivity (Wildman–Crippen MR) is 146 cm³/mol. The molecule has 5 rings (SSSR count). The maximum atomic E-state index is 13.2. The van der Waals surface area contributed by atoms with E-state index in [1.165, 1.54) is 0 Å². The number of primary amides is 1. The van der Waals surface area contributed by atoms with Crippen LogP contribution in [0.15, 0.2) is 60.8 Å². The van der Waals surface area contributed by atoms with Crippen LogP contribution >= 0.6 is 0 Å². The summed E-state index contributed by atoms with van der Waals surface area (Å²) in [6, 6.07) is 17.5. The Kier molecular flexibility index (Phi) is 7.13. The van der Waals surface area contributed by atoms with Crippen molar-refractivity contribution in [2.45, 2.75) is 64.2 Å². The molecule has 0 aliphatic carbocycles. The Hall–Kier alpha value is -4.20. The number of aromatic nitrogens is 1. The number of fused-ring (bicyclic) bond motifs is 2. The average molecular weight is 512 g/mol. The number of hydrogen-bond donors (Lipinski definition) is 3. The number of hydrogen-bond acceptors (Lipinski definition) is 5. The van der Waals surface area contributed by atoms with Crippen LogP contribution in [0.5, 0.6) is 0 Å². The molecule has 0 radical (unpaired) electrons. The summed E-state index contributed by atoms with van der Waals surface area (Å²) >= 11 is 0. The Morgan fingerprint density at radius 1 is 0.921 bits per heavy atom. The molecule has 8 nitrogen and oxygen atoms in total. The maximum absolute atomic E-state index is 13.2. The van der Waals surface area contributed by atoms with Crippen molar-refractivity contribution in [1.82, 2.24) is 15.6 Å². The lowest BCUT2D eigenvalue weighted by Crippen LogP contribution is -2.51. The number of pyridine rings is 1. The molecular formula is C30H33N5O3. The third-order valence-corrected chi connectivity index (χ3v) is 7.68. The largest absolute Gasteiger partial charge is 0.366 e. The Bertz CT molecular complexity index is 1320. The van der Waals surface area contributed by atoms with Crippen molar-refractivity contribution in [2.24, 2.45) is 5.73 Å². The van der Waals surface area contributed by atoms with Gasteiger partial charge in [-0.3, -0.25) is 14.4 Å². The number of piperidine rings is 1. The second kappa shape index (κ2) is 10.7. The molecule has 8 heteroatoms. The summed E-state index contributed by atoms with van der Waals surface area (Å²) < 4.78 is 0. The van der Waals surface area contributed by atoms with E-state index in [1.807, 2.05) is 56.3 Å². The molecule has 0 saturated carbocycles. The van der Waals surface area contributed by atoms with Gasteiger partial charge in [-0.25, -0.2) is 4.98 Å². The van der Waals surface area contributed by atoms with Gasteiger partial charge in [-0.2, -0.15) is 0 Å². The Labute approximate surface area is 222 Å². The molecule has 3 aromatic rings. The van der Waals surface area contributed by atoms with Gasteiger partial charge in [0.25, 0.3) is 11.8 Å². The van der Waals surface area contributed by atoms with Crippen molar-refractivity contribution < 1.29 is 14.4 Å². The van der Waals surface area contributed by atoms with E-state index in [1.54, 1.807) is 18.3 Å². The number of amides is 3. The van der Waals surface area contributed by atoms with Crippen LogP contribution < -0.4 is 21.3 Å². The van der Waals surface area contributed by atoms with Crippen LogP contribution in [0.2, 0.25) is 0 Å². The van der Waals surface area contributed by atoms with Gasteiger partial charge in [0, 0.05) is 42.0 Å². The summed E-state index contributed by atoms with van der Waals surface area (Å²) in [6.07, 6.45) is 5.40. The molecule has 2 saturated heterocycles. The quantitative estimate of drug-likeness (QED) is 0.448. The molecule has 196 valence electrons. The topological polar surface area (TPSA) is 117 Å². The van der Waals surface area contributed by atoms with Crippen LogP contribution in [0, 0.1) is 13.8 Å². The highest BCUT2D eigenvalue weighted by Crippen LogP contribution is 2.38. The predicted octanol–water partition coefficient (Wildman–Crippen LogP) is 3.66. The molecule has 3 heterocycles. The van der Waals surface area contributed by atoms with E-state index >= 15 is 0 Å². The first-order chi connectivity index (χ1) is 18.3. The van der Waals surface area contributed by atoms with Gasteiger partial charge in [-0.15, -0.1) is 0 Å². The van der Waals surface area contributed by atoms with Crippen LogP contribution in [0.4, 0.5) is 5.82 Å². The van der Waals surface area contributed by atoms with E-state index in [2.05, 4.69) is 20.5 Å². The summed E-state index contributed by atoms with van der Waals surface area (Å²) in [5.74, 6) is 0.113. The zero-order chi connectivity index (χ0) is 26.8. The first-order valence-corrected chi connectivity index (χ1v) is 13.1. The summed E-state index contributed by atoms with van der Waals surface area (Å²) in [4.78, 5) is 44.3. The SMILES string of the molecule is Cc1cc(C(N)=O)cc(C)c1C(=O)NC1CC2CCC(C1)N2c1ccc(C(=O)NCc2ccccc2)cn1. The van der Waals surface area contributed by atoms with Gasteiger partial charge in [0.15, 0.2) is 0 Å². The summed E-state index contributed by atoms with van der Waals surface area (Å²) in [5, 5.41) is 6.18. The number of rotatable bonds is 7. The number of nitrogens with one attached hydrogen (secondary N) is 2. The van der Waals surface area contributed by atoms with Crippen molar-refractivity contribution in [1.29, 1.82) is 0 Å². The Morgan fingerprint density at radius 2 is 1.58 bits per heavy atom. The summed E-state index contributed by atoms with van der Waals surface area (Å²) in [6.45, 7) is 4.13. The zero-order valence-electron chi connectivity index (χ0n) is 21.7. The van der Waals surface area contributed by atoms with Gasteiger partial charge < -0.3 is 21.3 Å². The number of anilines is 1. The lowest BCUT2D eigenvalue weighted by molar-refractivity contribution is 0.0922. The highest BCUT2D eigenvalue weighted by molar-refractivity contribution is 6.00. The van der Waals surface area contributed by atoms with Gasteiger partial charge in [0.05, 0.1) is 5.56 Å². The number of nitrogens with zero attached hydrogens (tertiary/aromatic N) is 2. The highest BCUT2D eigenvalue weighted by Gasteiger charge is 2.42. The maximum Gasteiger partial charge on any atom is 0.253 e. The number of carbonyl (C=O) groups excluding carboxylic acids is 3. The number of nitrogens with two attached hydrogens (primary N) is 1. The Balaban J connectivity index is 1.21. The molecule has 2 aliphatic heterocycles. The molecule has 4 N–H and O–H groups in total. The molecule has 2 aliphatic rings. The van der Waals surface area contributed by atoms with Crippen LogP contribution in [-0.2, 0) is 6.54 Å². The lowest BCUT2D eigenvalue weighted by atomic mass is 9.95. The van der Waals surface area contributed by atoms with E-state index in [9.17, 15) is 14.4 Å². The van der Waals surface area contributed by atoms with E-state index < -0.39 is 5.91 Å². The van der Waals surface area contributed by atoms with Crippen LogP contribution in [0.1, 0.15) is 73.4 Å². The minimum Gasteiger partial charge on any atom is -0.366 e. The smallest absolute Gasteiger partial charge is 0.253 e. The minimum atomic E-state index is -0.499. The number of benzene rings is 2. The van der Waals surface area contributed by atoms with Gasteiger partial charge in [-0.1, -0.05) is 30.3 Å². The summed E-state index contributed by atoms with van der Waals surface area (Å²) in [7, 11) is 0. The van der Waals surface area contributed by atoms with Crippen molar-refractivity contribution in [3.63, 3.8) is 0 Å². The van der Waals surface area contributed by atoms with Crippen molar-refractivity contribution in [3.05, 3.63) is 94.2 Å². The van der Waals surface area contributed by atoms with Crippen molar-refractivity contribution >= 4 is 23.5 Å². The molecule has 38 heavy (non-hydrogen) atoms. The average Bonchev–Trinajstić information content (AvgIpc) is 3.17. The lowest BCUT2D eigenvalue weighted by Gasteiger charge is -2.40. The monoisotopic (exact) mass is 511 g/mol. The molecule has 1 aromatic heterocycles. The summed E-state index contributed by atoms with van der Waals surface area (Å²) in [5.41, 5.74) is 9.50. The normalized spacial score (nSPS) is 20.2. The molecule has 2 aromatic carbocycles. The zero-order valence-corrected chi connectivity index (χ0v) is 21.7. The van der Waals surface area contributed by atoms with Gasteiger partial charge >= 0.3 is 0 Å². The molecule has 2 unspecified atom stereocenters. The fourth-order valence-electron chi connectivity index (χ4n) is 5.94. The number of carbonyl (C=O) groups is 3. The van der Waals surface area contributed by atoms with E-state index in [0.29, 0.717) is 23.2 Å². The molecular weight excluding hydrogens is 478 g/mol. The molecule has 3 amide bonds. The fraction of sp³-hybridized carbons (Fsp3) is 0.333. The van der Waals surface area contributed by atoms with E-state index in [4.69, 9.17) is 5.73 Å². The molecule has 2 atom stereocenters. The van der Waals surface area contributed by atoms with Gasteiger partial charge in [0.2, 0.25) is 5.91 Å². The minimum absolute atomic E-state index is 0.0638. The second-order valence-electron chi connectivity index (χ2n) is 10.4.